The van der Waals surface area contributed by atoms with E-state index in [2.05, 4.69) is 9.97 Å². The number of anilines is 2. The number of aromatic amines is 1. The maximum Gasteiger partial charge on any atom is 0.306 e. The molecule has 0 radical (unpaired) electrons. The predicted octanol–water partition coefficient (Wildman–Crippen LogP) is -0.491. The number of nitrogens with one attached hydrogen (secondary N) is 1. The Labute approximate surface area is 97.3 Å². The molecule has 0 amide bonds. The van der Waals surface area contributed by atoms with Gasteiger partial charge >= 0.3 is 5.97 Å². The maximum absolute atomic E-state index is 11.3. The summed E-state index contributed by atoms with van der Waals surface area (Å²) in [6.45, 7) is 2.81. The van der Waals surface area contributed by atoms with Crippen LogP contribution in [0.1, 0.15) is 6.92 Å². The Kier molecular flexibility index (Phi) is 2.74. The van der Waals surface area contributed by atoms with E-state index in [-0.39, 0.29) is 17.2 Å². The number of aliphatic carboxylic acids is 1. The Morgan fingerprint density at radius 3 is 2.94 bits per heavy atom. The van der Waals surface area contributed by atoms with Gasteiger partial charge in [0.15, 0.2) is 5.82 Å². The second-order valence-electron chi connectivity index (χ2n) is 4.26. The molecule has 0 saturated carbocycles. The van der Waals surface area contributed by atoms with Gasteiger partial charge in [-0.05, 0) is 0 Å². The fourth-order valence-corrected chi connectivity index (χ4v) is 1.86. The highest BCUT2D eigenvalue weighted by Gasteiger charge is 2.36. The minimum absolute atomic E-state index is 0.0768. The number of nitrogens with zero attached hydrogens (tertiary/aromatic N) is 2. The molecule has 1 aromatic heterocycles. The molecule has 1 aromatic rings. The summed E-state index contributed by atoms with van der Waals surface area (Å²) in [5, 5.41) is 8.86. The Bertz CT molecular complexity index is 493. The van der Waals surface area contributed by atoms with Crippen molar-refractivity contribution in [3.63, 3.8) is 0 Å². The van der Waals surface area contributed by atoms with Crippen molar-refractivity contribution in [3.8, 4) is 0 Å². The van der Waals surface area contributed by atoms with Gasteiger partial charge in [0.1, 0.15) is 5.69 Å². The van der Waals surface area contributed by atoms with Crippen LogP contribution >= 0.6 is 0 Å². The summed E-state index contributed by atoms with van der Waals surface area (Å²) in [6.07, 6.45) is 1.29. The zero-order valence-corrected chi connectivity index (χ0v) is 9.38. The van der Waals surface area contributed by atoms with Gasteiger partial charge in [-0.1, -0.05) is 6.92 Å². The van der Waals surface area contributed by atoms with Gasteiger partial charge in [-0.15, -0.1) is 0 Å². The van der Waals surface area contributed by atoms with Crippen molar-refractivity contribution in [2.24, 2.45) is 11.8 Å². The van der Waals surface area contributed by atoms with Crippen molar-refractivity contribution < 1.29 is 9.90 Å². The number of carbonyl (C=O) groups is 1. The van der Waals surface area contributed by atoms with Gasteiger partial charge in [-0.2, -0.15) is 0 Å². The molecule has 4 N–H and O–H groups in total. The lowest BCUT2D eigenvalue weighted by Crippen LogP contribution is -2.52. The molecule has 92 valence electrons. The molecular formula is C10H14N4O3. The lowest BCUT2D eigenvalue weighted by atomic mass is 9.87. The number of nitrogens with two attached hydrogens (primary N) is 1. The van der Waals surface area contributed by atoms with Gasteiger partial charge in [-0.25, -0.2) is 4.98 Å². The first kappa shape index (κ1) is 11.4. The summed E-state index contributed by atoms with van der Waals surface area (Å²) >= 11 is 0. The molecule has 0 aliphatic carbocycles. The Balaban J connectivity index is 2.07. The highest BCUT2D eigenvalue weighted by molar-refractivity contribution is 5.71. The minimum Gasteiger partial charge on any atom is -0.481 e. The summed E-state index contributed by atoms with van der Waals surface area (Å²) in [5.41, 5.74) is 5.32. The molecule has 0 spiro atoms. The highest BCUT2D eigenvalue weighted by atomic mass is 16.4. The monoisotopic (exact) mass is 238 g/mol. The quantitative estimate of drug-likeness (QED) is 0.655. The molecule has 2 heterocycles. The van der Waals surface area contributed by atoms with Gasteiger partial charge < -0.3 is 20.7 Å². The van der Waals surface area contributed by atoms with E-state index >= 15 is 0 Å². The third-order valence-electron chi connectivity index (χ3n) is 3.17. The normalized spacial score (nSPS) is 17.6. The number of carboxylic acids is 1. The summed E-state index contributed by atoms with van der Waals surface area (Å²) in [6, 6.07) is 0. The first-order valence-corrected chi connectivity index (χ1v) is 5.31. The average Bonchev–Trinajstić information content (AvgIpc) is 2.21. The van der Waals surface area contributed by atoms with Crippen LogP contribution in [0, 0.1) is 11.8 Å². The molecule has 0 aromatic carbocycles. The molecule has 1 atom stereocenters. The number of nitrogen functional groups attached to an aromatic ring is 1. The van der Waals surface area contributed by atoms with E-state index in [0.29, 0.717) is 18.9 Å². The van der Waals surface area contributed by atoms with E-state index in [4.69, 9.17) is 10.8 Å². The van der Waals surface area contributed by atoms with Crippen molar-refractivity contribution in [2.45, 2.75) is 6.92 Å². The van der Waals surface area contributed by atoms with Crippen LogP contribution in [0.25, 0.3) is 0 Å². The van der Waals surface area contributed by atoms with Crippen molar-refractivity contribution in [1.29, 1.82) is 0 Å². The van der Waals surface area contributed by atoms with E-state index in [1.54, 1.807) is 6.92 Å². The van der Waals surface area contributed by atoms with Crippen LogP contribution in [0.5, 0.6) is 0 Å². The smallest absolute Gasteiger partial charge is 0.306 e. The lowest BCUT2D eigenvalue weighted by molar-refractivity contribution is -0.143. The zero-order valence-electron chi connectivity index (χ0n) is 9.38. The summed E-state index contributed by atoms with van der Waals surface area (Å²) in [5.74, 6) is -0.688. The molecule has 1 aliphatic heterocycles. The standard InChI is InChI=1S/C10H14N4O3/c1-5(10(16)17)6-2-14(3-6)8-7(11)9(15)13-4-12-8/h4-6H,2-3,11H2,1H3,(H,16,17)(H,12,13,15). The van der Waals surface area contributed by atoms with Crippen molar-refractivity contribution in [3.05, 3.63) is 16.7 Å². The summed E-state index contributed by atoms with van der Waals surface area (Å²) in [4.78, 5) is 30.2. The summed E-state index contributed by atoms with van der Waals surface area (Å²) < 4.78 is 0. The molecule has 0 bridgehead atoms. The Morgan fingerprint density at radius 1 is 1.71 bits per heavy atom. The van der Waals surface area contributed by atoms with Crippen LogP contribution in [-0.4, -0.2) is 34.1 Å². The summed E-state index contributed by atoms with van der Waals surface area (Å²) in [7, 11) is 0. The second kappa shape index (κ2) is 4.08. The fourth-order valence-electron chi connectivity index (χ4n) is 1.86. The number of hydrogen-bond donors (Lipinski definition) is 3. The Morgan fingerprint density at radius 2 is 2.35 bits per heavy atom. The van der Waals surface area contributed by atoms with E-state index < -0.39 is 11.9 Å². The van der Waals surface area contributed by atoms with E-state index in [1.807, 2.05) is 4.90 Å². The molecule has 2 rings (SSSR count). The lowest BCUT2D eigenvalue weighted by Gasteiger charge is -2.42. The van der Waals surface area contributed by atoms with Crippen LogP contribution in [-0.2, 0) is 4.79 Å². The SMILES string of the molecule is CC(C(=O)O)C1CN(c2nc[nH]c(=O)c2N)C1. The molecule has 17 heavy (non-hydrogen) atoms. The van der Waals surface area contributed by atoms with Crippen molar-refractivity contribution >= 4 is 17.5 Å². The first-order valence-electron chi connectivity index (χ1n) is 5.31. The van der Waals surface area contributed by atoms with Crippen LogP contribution in [0.15, 0.2) is 11.1 Å². The number of aromatic nitrogens is 2. The molecule has 1 fully saturated rings. The van der Waals surface area contributed by atoms with E-state index in [9.17, 15) is 9.59 Å². The van der Waals surface area contributed by atoms with E-state index in [0.717, 1.165) is 0 Å². The number of carboxylic acid groups (broad SMARTS) is 1. The maximum atomic E-state index is 11.3. The van der Waals surface area contributed by atoms with Gasteiger partial charge in [0, 0.05) is 19.0 Å². The largest absolute Gasteiger partial charge is 0.481 e. The molecule has 7 nitrogen and oxygen atoms in total. The third-order valence-corrected chi connectivity index (χ3v) is 3.17. The van der Waals surface area contributed by atoms with Crippen LogP contribution < -0.4 is 16.2 Å². The fraction of sp³-hybridized carbons (Fsp3) is 0.500. The molecule has 7 heteroatoms. The predicted molar refractivity (Wildman–Crippen MR) is 61.8 cm³/mol. The topological polar surface area (TPSA) is 112 Å². The molecule has 1 aliphatic rings. The Hall–Kier alpha value is -2.05. The molecule has 1 unspecified atom stereocenters. The molecular weight excluding hydrogens is 224 g/mol. The van der Waals surface area contributed by atoms with Crippen molar-refractivity contribution in [2.75, 3.05) is 23.7 Å². The number of H-pyrrole nitrogens is 1. The van der Waals surface area contributed by atoms with Crippen molar-refractivity contribution in [1.82, 2.24) is 9.97 Å². The van der Waals surface area contributed by atoms with Gasteiger partial charge in [0.05, 0.1) is 12.2 Å². The average molecular weight is 238 g/mol. The second-order valence-corrected chi connectivity index (χ2v) is 4.26. The van der Waals surface area contributed by atoms with Crippen LogP contribution in [0.4, 0.5) is 11.5 Å². The third kappa shape index (κ3) is 1.95. The van der Waals surface area contributed by atoms with Gasteiger partial charge in [0.25, 0.3) is 5.56 Å². The van der Waals surface area contributed by atoms with Gasteiger partial charge in [-0.3, -0.25) is 9.59 Å². The van der Waals surface area contributed by atoms with E-state index in [1.165, 1.54) is 6.33 Å². The molecule has 1 saturated heterocycles. The first-order chi connectivity index (χ1) is 8.00. The zero-order chi connectivity index (χ0) is 12.6. The highest BCUT2D eigenvalue weighted by Crippen LogP contribution is 2.29. The number of rotatable bonds is 3. The van der Waals surface area contributed by atoms with Gasteiger partial charge in [0.2, 0.25) is 0 Å². The number of hydrogen-bond acceptors (Lipinski definition) is 5. The van der Waals surface area contributed by atoms with Crippen LogP contribution in [0.2, 0.25) is 0 Å². The van der Waals surface area contributed by atoms with Crippen LogP contribution in [0.3, 0.4) is 0 Å². The minimum atomic E-state index is -0.804.